The van der Waals surface area contributed by atoms with Crippen molar-refractivity contribution in [3.05, 3.63) is 33.8 Å². The molecule has 1 aromatic rings. The number of rotatable bonds is 4. The van der Waals surface area contributed by atoms with Crippen molar-refractivity contribution in [2.75, 3.05) is 7.11 Å². The van der Waals surface area contributed by atoms with Gasteiger partial charge in [0.15, 0.2) is 0 Å². The third-order valence-electron chi connectivity index (χ3n) is 2.20. The molecular formula is C12H12BrNO2. The maximum absolute atomic E-state index is 11.1. The molecule has 0 bridgehead atoms. The second-order valence-electron chi connectivity index (χ2n) is 3.34. The molecule has 0 heterocycles. The molecule has 0 N–H and O–H groups in total. The molecule has 0 fully saturated rings. The van der Waals surface area contributed by atoms with Crippen LogP contribution in [0.3, 0.4) is 0 Å². The zero-order chi connectivity index (χ0) is 12.0. The molecule has 0 aliphatic rings. The summed E-state index contributed by atoms with van der Waals surface area (Å²) in [7, 11) is 1.37. The highest BCUT2D eigenvalue weighted by molar-refractivity contribution is 9.10. The summed E-state index contributed by atoms with van der Waals surface area (Å²) in [6.07, 6.45) is 1.48. The number of hydrogen-bond acceptors (Lipinski definition) is 3. The maximum atomic E-state index is 11.1. The number of benzene rings is 1. The van der Waals surface area contributed by atoms with Gasteiger partial charge in [0, 0.05) is 10.9 Å². The fourth-order valence-electron chi connectivity index (χ4n) is 1.33. The van der Waals surface area contributed by atoms with Crippen molar-refractivity contribution in [2.45, 2.75) is 19.3 Å². The Labute approximate surface area is 103 Å². The minimum Gasteiger partial charge on any atom is -0.469 e. The van der Waals surface area contributed by atoms with E-state index in [1.807, 2.05) is 18.2 Å². The van der Waals surface area contributed by atoms with Gasteiger partial charge in [0.2, 0.25) is 0 Å². The van der Waals surface area contributed by atoms with Gasteiger partial charge >= 0.3 is 5.97 Å². The first-order valence-corrected chi connectivity index (χ1v) is 5.67. The van der Waals surface area contributed by atoms with Crippen LogP contribution in [0.2, 0.25) is 0 Å². The van der Waals surface area contributed by atoms with Gasteiger partial charge in [-0.1, -0.05) is 28.1 Å². The molecule has 0 saturated carbocycles. The van der Waals surface area contributed by atoms with Crippen LogP contribution < -0.4 is 0 Å². The van der Waals surface area contributed by atoms with E-state index in [0.29, 0.717) is 6.42 Å². The average Bonchev–Trinajstić information content (AvgIpc) is 2.28. The van der Waals surface area contributed by atoms with E-state index < -0.39 is 0 Å². The van der Waals surface area contributed by atoms with Gasteiger partial charge in [-0.25, -0.2) is 0 Å². The fourth-order valence-corrected chi connectivity index (χ4v) is 1.96. The minimum absolute atomic E-state index is 0.253. The van der Waals surface area contributed by atoms with Crippen LogP contribution in [0.15, 0.2) is 22.7 Å². The Kier molecular flexibility index (Phi) is 5.00. The Morgan fingerprint density at radius 3 is 2.88 bits per heavy atom. The number of esters is 1. The Morgan fingerprint density at radius 1 is 1.56 bits per heavy atom. The SMILES string of the molecule is COC(=O)Cc1ccc(CCC#N)c(Br)c1. The van der Waals surface area contributed by atoms with E-state index in [9.17, 15) is 4.79 Å². The molecule has 0 amide bonds. The first-order chi connectivity index (χ1) is 7.67. The van der Waals surface area contributed by atoms with E-state index >= 15 is 0 Å². The lowest BCUT2D eigenvalue weighted by Gasteiger charge is -2.05. The van der Waals surface area contributed by atoms with Crippen molar-refractivity contribution in [1.82, 2.24) is 0 Å². The quantitative estimate of drug-likeness (QED) is 0.798. The van der Waals surface area contributed by atoms with Gasteiger partial charge in [-0.15, -0.1) is 0 Å². The zero-order valence-corrected chi connectivity index (χ0v) is 10.6. The number of methoxy groups -OCH3 is 1. The van der Waals surface area contributed by atoms with Crippen molar-refractivity contribution < 1.29 is 9.53 Å². The highest BCUT2D eigenvalue weighted by Gasteiger charge is 2.05. The van der Waals surface area contributed by atoms with Crippen LogP contribution in [0.25, 0.3) is 0 Å². The van der Waals surface area contributed by atoms with Crippen molar-refractivity contribution in [3.8, 4) is 6.07 Å². The van der Waals surface area contributed by atoms with E-state index in [2.05, 4.69) is 26.7 Å². The molecule has 1 aromatic carbocycles. The lowest BCUT2D eigenvalue weighted by atomic mass is 10.1. The van der Waals surface area contributed by atoms with E-state index in [1.165, 1.54) is 7.11 Å². The number of aryl methyl sites for hydroxylation is 1. The summed E-state index contributed by atoms with van der Waals surface area (Å²) in [4.78, 5) is 11.1. The Hall–Kier alpha value is -1.34. The number of halogens is 1. The molecule has 0 spiro atoms. The van der Waals surface area contributed by atoms with Gasteiger partial charge in [-0.05, 0) is 23.6 Å². The summed E-state index contributed by atoms with van der Waals surface area (Å²) in [6.45, 7) is 0. The molecule has 1 rings (SSSR count). The summed E-state index contributed by atoms with van der Waals surface area (Å²) in [5, 5.41) is 8.50. The van der Waals surface area contributed by atoms with Crippen molar-refractivity contribution in [1.29, 1.82) is 5.26 Å². The predicted octanol–water partition coefficient (Wildman–Crippen LogP) is 2.62. The molecule has 0 aromatic heterocycles. The van der Waals surface area contributed by atoms with Crippen molar-refractivity contribution in [2.24, 2.45) is 0 Å². The van der Waals surface area contributed by atoms with E-state index in [4.69, 9.17) is 5.26 Å². The molecule has 0 unspecified atom stereocenters. The first kappa shape index (κ1) is 12.7. The summed E-state index contributed by atoms with van der Waals surface area (Å²) < 4.78 is 5.53. The lowest BCUT2D eigenvalue weighted by molar-refractivity contribution is -0.139. The van der Waals surface area contributed by atoms with Crippen LogP contribution in [0.4, 0.5) is 0 Å². The van der Waals surface area contributed by atoms with Crippen LogP contribution in [0.5, 0.6) is 0 Å². The number of nitrogens with zero attached hydrogens (tertiary/aromatic N) is 1. The van der Waals surface area contributed by atoms with Gasteiger partial charge in [0.25, 0.3) is 0 Å². The van der Waals surface area contributed by atoms with Gasteiger partial charge in [-0.2, -0.15) is 5.26 Å². The van der Waals surface area contributed by atoms with Crippen LogP contribution in [0, 0.1) is 11.3 Å². The smallest absolute Gasteiger partial charge is 0.309 e. The van der Waals surface area contributed by atoms with E-state index in [0.717, 1.165) is 22.0 Å². The lowest BCUT2D eigenvalue weighted by Crippen LogP contribution is -2.04. The molecule has 0 aliphatic carbocycles. The predicted molar refractivity (Wildman–Crippen MR) is 63.8 cm³/mol. The Bertz CT molecular complexity index is 424. The topological polar surface area (TPSA) is 50.1 Å². The van der Waals surface area contributed by atoms with Crippen LogP contribution in [0.1, 0.15) is 17.5 Å². The van der Waals surface area contributed by atoms with Crippen LogP contribution in [-0.2, 0) is 22.4 Å². The summed E-state index contributed by atoms with van der Waals surface area (Å²) >= 11 is 3.43. The Balaban J connectivity index is 2.75. The molecule has 0 aliphatic heterocycles. The fraction of sp³-hybridized carbons (Fsp3) is 0.333. The molecule has 0 saturated heterocycles. The number of carbonyl (C=O) groups excluding carboxylic acids is 1. The van der Waals surface area contributed by atoms with Gasteiger partial charge in [0.1, 0.15) is 0 Å². The number of carbonyl (C=O) groups is 1. The number of nitriles is 1. The molecule has 0 radical (unpaired) electrons. The first-order valence-electron chi connectivity index (χ1n) is 4.88. The van der Waals surface area contributed by atoms with Crippen LogP contribution >= 0.6 is 15.9 Å². The monoisotopic (exact) mass is 281 g/mol. The van der Waals surface area contributed by atoms with Crippen LogP contribution in [-0.4, -0.2) is 13.1 Å². The minimum atomic E-state index is -0.253. The highest BCUT2D eigenvalue weighted by atomic mass is 79.9. The van der Waals surface area contributed by atoms with E-state index in [-0.39, 0.29) is 12.4 Å². The standard InChI is InChI=1S/C12H12BrNO2/c1-16-12(15)8-9-4-5-10(3-2-6-14)11(13)7-9/h4-5,7H,2-3,8H2,1H3. The molecule has 84 valence electrons. The van der Waals surface area contributed by atoms with Gasteiger partial charge < -0.3 is 4.74 Å². The molecule has 4 heteroatoms. The molecule has 16 heavy (non-hydrogen) atoms. The van der Waals surface area contributed by atoms with E-state index in [1.54, 1.807) is 0 Å². The highest BCUT2D eigenvalue weighted by Crippen LogP contribution is 2.20. The van der Waals surface area contributed by atoms with Gasteiger partial charge in [0.05, 0.1) is 19.6 Å². The maximum Gasteiger partial charge on any atom is 0.309 e. The largest absolute Gasteiger partial charge is 0.469 e. The molecule has 3 nitrogen and oxygen atoms in total. The van der Waals surface area contributed by atoms with Crippen molar-refractivity contribution >= 4 is 21.9 Å². The third kappa shape index (κ3) is 3.67. The molecular weight excluding hydrogens is 270 g/mol. The number of ether oxygens (including phenoxy) is 1. The summed E-state index contributed by atoms with van der Waals surface area (Å²) in [5.74, 6) is -0.253. The average molecular weight is 282 g/mol. The van der Waals surface area contributed by atoms with Gasteiger partial charge in [-0.3, -0.25) is 4.79 Å². The number of hydrogen-bond donors (Lipinski definition) is 0. The molecule has 0 atom stereocenters. The normalized spacial score (nSPS) is 9.56. The zero-order valence-electron chi connectivity index (χ0n) is 9.00. The second kappa shape index (κ2) is 6.29. The third-order valence-corrected chi connectivity index (χ3v) is 2.94. The Morgan fingerprint density at radius 2 is 2.31 bits per heavy atom. The summed E-state index contributed by atoms with van der Waals surface area (Å²) in [6, 6.07) is 7.81. The second-order valence-corrected chi connectivity index (χ2v) is 4.19. The summed E-state index contributed by atoms with van der Waals surface area (Å²) in [5.41, 5.74) is 1.98. The van der Waals surface area contributed by atoms with Crippen molar-refractivity contribution in [3.63, 3.8) is 0 Å².